The van der Waals surface area contributed by atoms with Crippen molar-refractivity contribution in [2.45, 2.75) is 24.8 Å². The minimum Gasteiger partial charge on any atom is -0.459 e. The van der Waals surface area contributed by atoms with Crippen LogP contribution in [0.1, 0.15) is 24.2 Å². The Kier molecular flexibility index (Phi) is 3.38. The van der Waals surface area contributed by atoms with Gasteiger partial charge in [0.25, 0.3) is 0 Å². The van der Waals surface area contributed by atoms with E-state index in [0.717, 1.165) is 4.90 Å². The van der Waals surface area contributed by atoms with Gasteiger partial charge in [-0.2, -0.15) is 0 Å². The molecule has 0 radical (unpaired) electrons. The number of carbonyl (C=O) groups excluding carboxylic acids is 2. The number of hydrogen-bond donors (Lipinski definition) is 1. The number of thioether (sulfide) groups is 1. The Morgan fingerprint density at radius 3 is 2.94 bits per heavy atom. The van der Waals surface area contributed by atoms with Gasteiger partial charge in [-0.1, -0.05) is 0 Å². The molecule has 1 aromatic rings. The van der Waals surface area contributed by atoms with Gasteiger partial charge in [0.1, 0.15) is 0 Å². The lowest BCUT2D eigenvalue weighted by molar-refractivity contribution is -0.113. The first-order chi connectivity index (χ1) is 8.06. The number of esters is 1. The van der Waals surface area contributed by atoms with Crippen molar-refractivity contribution in [3.63, 3.8) is 0 Å². The zero-order chi connectivity index (χ0) is 12.4. The van der Waals surface area contributed by atoms with E-state index in [9.17, 15) is 9.59 Å². The van der Waals surface area contributed by atoms with Crippen LogP contribution in [-0.4, -0.2) is 23.7 Å². The van der Waals surface area contributed by atoms with Crippen molar-refractivity contribution < 1.29 is 14.3 Å². The van der Waals surface area contributed by atoms with Crippen LogP contribution in [0, 0.1) is 0 Å². The Hall–Kier alpha value is -1.49. The predicted octanol–water partition coefficient (Wildman–Crippen LogP) is 2.30. The molecule has 90 valence electrons. The average Bonchev–Trinajstić information content (AvgIpc) is 2.27. The van der Waals surface area contributed by atoms with Gasteiger partial charge in [-0.05, 0) is 32.0 Å². The van der Waals surface area contributed by atoms with Crippen LogP contribution in [0.3, 0.4) is 0 Å². The van der Waals surface area contributed by atoms with Gasteiger partial charge in [-0.25, -0.2) is 4.79 Å². The molecule has 2 rings (SSSR count). The average molecular weight is 251 g/mol. The van der Waals surface area contributed by atoms with Crippen LogP contribution in [0.25, 0.3) is 0 Å². The quantitative estimate of drug-likeness (QED) is 0.819. The molecule has 4 nitrogen and oxygen atoms in total. The van der Waals surface area contributed by atoms with Crippen LogP contribution in [0.4, 0.5) is 5.69 Å². The summed E-state index contributed by atoms with van der Waals surface area (Å²) in [6.45, 7) is 3.60. The number of hydrogen-bond acceptors (Lipinski definition) is 4. The Balaban J connectivity index is 2.23. The summed E-state index contributed by atoms with van der Waals surface area (Å²) in [5.74, 6) is 0.00693. The van der Waals surface area contributed by atoms with Crippen molar-refractivity contribution in [2.24, 2.45) is 0 Å². The van der Waals surface area contributed by atoms with E-state index in [1.54, 1.807) is 26.0 Å². The van der Waals surface area contributed by atoms with E-state index >= 15 is 0 Å². The molecular formula is C12H13NO3S. The molecule has 1 amide bonds. The summed E-state index contributed by atoms with van der Waals surface area (Å²) >= 11 is 1.47. The fraction of sp³-hybridized carbons (Fsp3) is 0.333. The summed E-state index contributed by atoms with van der Waals surface area (Å²) in [5.41, 5.74) is 1.14. The number of ether oxygens (including phenoxy) is 1. The summed E-state index contributed by atoms with van der Waals surface area (Å²) in [4.78, 5) is 23.9. The minimum atomic E-state index is -0.368. The highest BCUT2D eigenvalue weighted by molar-refractivity contribution is 8.00. The zero-order valence-corrected chi connectivity index (χ0v) is 10.5. The Bertz CT molecular complexity index is 471. The monoisotopic (exact) mass is 251 g/mol. The standard InChI is InChI=1S/C12H13NO3S/c1-7(2)16-12(15)8-3-4-10-9(5-8)13-11(14)6-17-10/h3-5,7H,6H2,1-2H3,(H,13,14). The molecule has 1 aliphatic rings. The summed E-state index contributed by atoms with van der Waals surface area (Å²) in [6.07, 6.45) is -0.150. The van der Waals surface area contributed by atoms with Crippen molar-refractivity contribution in [3.8, 4) is 0 Å². The van der Waals surface area contributed by atoms with E-state index in [4.69, 9.17) is 4.74 Å². The van der Waals surface area contributed by atoms with Gasteiger partial charge in [-0.3, -0.25) is 4.79 Å². The van der Waals surface area contributed by atoms with Crippen LogP contribution < -0.4 is 5.32 Å². The molecule has 0 fully saturated rings. The van der Waals surface area contributed by atoms with Crippen LogP contribution >= 0.6 is 11.8 Å². The zero-order valence-electron chi connectivity index (χ0n) is 9.65. The second-order valence-corrected chi connectivity index (χ2v) is 5.02. The molecule has 5 heteroatoms. The van der Waals surface area contributed by atoms with Crippen LogP contribution in [0.2, 0.25) is 0 Å². The normalized spacial score (nSPS) is 14.2. The topological polar surface area (TPSA) is 55.4 Å². The summed E-state index contributed by atoms with van der Waals surface area (Å²) in [7, 11) is 0. The third kappa shape index (κ3) is 2.79. The van der Waals surface area contributed by atoms with Crippen LogP contribution in [0.15, 0.2) is 23.1 Å². The first kappa shape index (κ1) is 12.0. The van der Waals surface area contributed by atoms with Crippen molar-refractivity contribution in [1.29, 1.82) is 0 Å². The van der Waals surface area contributed by atoms with Gasteiger partial charge in [0.05, 0.1) is 23.1 Å². The van der Waals surface area contributed by atoms with Gasteiger partial charge < -0.3 is 10.1 Å². The van der Waals surface area contributed by atoms with Crippen molar-refractivity contribution >= 4 is 29.3 Å². The molecule has 0 spiro atoms. The molecule has 0 atom stereocenters. The maximum Gasteiger partial charge on any atom is 0.338 e. The number of benzene rings is 1. The number of fused-ring (bicyclic) bond motifs is 1. The van der Waals surface area contributed by atoms with E-state index in [1.807, 2.05) is 6.07 Å². The van der Waals surface area contributed by atoms with Crippen LogP contribution in [-0.2, 0) is 9.53 Å². The number of carbonyl (C=O) groups is 2. The van der Waals surface area contributed by atoms with E-state index in [-0.39, 0.29) is 18.0 Å². The van der Waals surface area contributed by atoms with Crippen LogP contribution in [0.5, 0.6) is 0 Å². The first-order valence-corrected chi connectivity index (χ1v) is 6.32. The summed E-state index contributed by atoms with van der Waals surface area (Å²) in [5, 5.41) is 2.74. The second kappa shape index (κ2) is 4.79. The van der Waals surface area contributed by atoms with E-state index in [1.165, 1.54) is 11.8 Å². The Morgan fingerprint density at radius 2 is 2.24 bits per heavy atom. The van der Waals surface area contributed by atoms with Gasteiger partial charge in [-0.15, -0.1) is 11.8 Å². The second-order valence-electron chi connectivity index (χ2n) is 4.00. The highest BCUT2D eigenvalue weighted by atomic mass is 32.2. The number of nitrogens with one attached hydrogen (secondary N) is 1. The van der Waals surface area contributed by atoms with Crippen molar-refractivity contribution in [3.05, 3.63) is 23.8 Å². The lowest BCUT2D eigenvalue weighted by Crippen LogP contribution is -2.19. The highest BCUT2D eigenvalue weighted by Gasteiger charge is 2.18. The van der Waals surface area contributed by atoms with Gasteiger partial charge in [0.15, 0.2) is 0 Å². The molecule has 0 aromatic heterocycles. The molecule has 1 N–H and O–H groups in total. The molecular weight excluding hydrogens is 238 g/mol. The molecule has 0 saturated carbocycles. The Morgan fingerprint density at radius 1 is 1.47 bits per heavy atom. The number of amides is 1. The van der Waals surface area contributed by atoms with Crippen molar-refractivity contribution in [2.75, 3.05) is 11.1 Å². The van der Waals surface area contributed by atoms with Gasteiger partial charge in [0.2, 0.25) is 5.91 Å². The SMILES string of the molecule is CC(C)OC(=O)c1ccc2c(c1)NC(=O)CS2. The third-order valence-corrected chi connectivity index (χ3v) is 3.26. The maximum absolute atomic E-state index is 11.7. The lowest BCUT2D eigenvalue weighted by Gasteiger charge is -2.17. The van der Waals surface area contributed by atoms with Gasteiger partial charge >= 0.3 is 5.97 Å². The predicted molar refractivity (Wildman–Crippen MR) is 66.3 cm³/mol. The molecule has 0 saturated heterocycles. The molecule has 17 heavy (non-hydrogen) atoms. The molecule has 1 aliphatic heterocycles. The summed E-state index contributed by atoms with van der Waals surface area (Å²) in [6, 6.07) is 5.20. The highest BCUT2D eigenvalue weighted by Crippen LogP contribution is 2.32. The first-order valence-electron chi connectivity index (χ1n) is 5.34. The Labute approximate surface area is 104 Å². The van der Waals surface area contributed by atoms with E-state index in [2.05, 4.69) is 5.32 Å². The van der Waals surface area contributed by atoms with E-state index < -0.39 is 0 Å². The molecule has 1 heterocycles. The fourth-order valence-corrected chi connectivity index (χ4v) is 2.28. The molecule has 0 unspecified atom stereocenters. The molecule has 1 aromatic carbocycles. The molecule has 0 aliphatic carbocycles. The smallest absolute Gasteiger partial charge is 0.338 e. The largest absolute Gasteiger partial charge is 0.459 e. The minimum absolute atomic E-state index is 0.0446. The van der Waals surface area contributed by atoms with E-state index in [0.29, 0.717) is 17.0 Å². The fourth-order valence-electron chi connectivity index (χ4n) is 1.49. The van der Waals surface area contributed by atoms with Gasteiger partial charge in [0, 0.05) is 4.90 Å². The number of rotatable bonds is 2. The maximum atomic E-state index is 11.7. The van der Waals surface area contributed by atoms with Crippen molar-refractivity contribution in [1.82, 2.24) is 0 Å². The lowest BCUT2D eigenvalue weighted by atomic mass is 10.2. The third-order valence-electron chi connectivity index (χ3n) is 2.19. The number of anilines is 1. The molecule has 0 bridgehead atoms. The summed E-state index contributed by atoms with van der Waals surface area (Å²) < 4.78 is 5.10.